The molecule has 0 bridgehead atoms. The highest BCUT2D eigenvalue weighted by atomic mass is 19.4. The molecule has 0 saturated heterocycles. The lowest BCUT2D eigenvalue weighted by molar-refractivity contribution is -0.145. The number of nitrogen functional groups attached to an aromatic ring is 1. The average molecular weight is 334 g/mol. The minimum atomic E-state index is -4.53. The molecule has 1 aliphatic heterocycles. The Bertz CT molecular complexity index is 917. The normalized spacial score (nSPS) is 14.9. The number of nitrogens with zero attached hydrogens (tertiary/aromatic N) is 5. The molecule has 0 atom stereocenters. The van der Waals surface area contributed by atoms with Crippen molar-refractivity contribution in [1.29, 1.82) is 0 Å². The lowest BCUT2D eigenvalue weighted by atomic mass is 10.1. The van der Waals surface area contributed by atoms with Crippen LogP contribution in [0.5, 0.6) is 0 Å². The highest BCUT2D eigenvalue weighted by Crippen LogP contribution is 2.30. The topological polar surface area (TPSA) is 72.9 Å². The molecule has 0 unspecified atom stereocenters. The summed E-state index contributed by atoms with van der Waals surface area (Å²) in [4.78, 5) is 9.63. The largest absolute Gasteiger partial charge is 0.453 e. The van der Waals surface area contributed by atoms with Crippen molar-refractivity contribution in [3.05, 3.63) is 42.2 Å². The van der Waals surface area contributed by atoms with Crippen LogP contribution in [0.1, 0.15) is 11.6 Å². The number of hydrogen-bond donors (Lipinski definition) is 1. The molecule has 3 heterocycles. The van der Waals surface area contributed by atoms with Crippen LogP contribution >= 0.6 is 0 Å². The van der Waals surface area contributed by atoms with Gasteiger partial charge in [0, 0.05) is 29.2 Å². The maximum absolute atomic E-state index is 12.7. The summed E-state index contributed by atoms with van der Waals surface area (Å²) in [6, 6.07) is 5.72. The first kappa shape index (κ1) is 14.7. The molecule has 9 heteroatoms. The monoisotopic (exact) mass is 334 g/mol. The molecule has 0 saturated carbocycles. The second-order valence-electron chi connectivity index (χ2n) is 5.63. The standard InChI is InChI=1S/C15H13F3N6/c16-15(17,18)14-21-13-8-23(3-4-24(13)22-14)10-2-1-9-6-20-7-12(19)11(9)5-10/h1-2,5-7H,3-4,8,19H2. The number of hydrogen-bond acceptors (Lipinski definition) is 5. The van der Waals surface area contributed by atoms with Crippen LogP contribution in [0.15, 0.2) is 30.6 Å². The van der Waals surface area contributed by atoms with Crippen LogP contribution in [0.2, 0.25) is 0 Å². The maximum atomic E-state index is 12.7. The molecular weight excluding hydrogens is 321 g/mol. The van der Waals surface area contributed by atoms with Crippen LogP contribution in [0.25, 0.3) is 10.8 Å². The van der Waals surface area contributed by atoms with Gasteiger partial charge >= 0.3 is 6.18 Å². The molecule has 0 amide bonds. The van der Waals surface area contributed by atoms with Gasteiger partial charge in [-0.25, -0.2) is 9.67 Å². The van der Waals surface area contributed by atoms with Gasteiger partial charge in [0.15, 0.2) is 0 Å². The van der Waals surface area contributed by atoms with E-state index in [1.807, 2.05) is 23.1 Å². The summed E-state index contributed by atoms with van der Waals surface area (Å²) in [7, 11) is 0. The SMILES string of the molecule is Nc1cncc2ccc(N3CCn4nc(C(F)(F)F)nc4C3)cc12. The van der Waals surface area contributed by atoms with Gasteiger partial charge in [0.05, 0.1) is 25.0 Å². The summed E-state index contributed by atoms with van der Waals surface area (Å²) in [6.45, 7) is 1.16. The highest BCUT2D eigenvalue weighted by Gasteiger charge is 2.37. The first-order valence-electron chi connectivity index (χ1n) is 7.31. The smallest absolute Gasteiger partial charge is 0.397 e. The van der Waals surface area contributed by atoms with E-state index >= 15 is 0 Å². The second-order valence-corrected chi connectivity index (χ2v) is 5.63. The van der Waals surface area contributed by atoms with Crippen molar-refractivity contribution in [1.82, 2.24) is 19.7 Å². The van der Waals surface area contributed by atoms with Gasteiger partial charge in [-0.05, 0) is 12.1 Å². The summed E-state index contributed by atoms with van der Waals surface area (Å²) < 4.78 is 39.5. The third kappa shape index (κ3) is 2.41. The van der Waals surface area contributed by atoms with E-state index in [4.69, 9.17) is 5.73 Å². The van der Waals surface area contributed by atoms with E-state index in [9.17, 15) is 13.2 Å². The van der Waals surface area contributed by atoms with E-state index in [-0.39, 0.29) is 6.54 Å². The van der Waals surface area contributed by atoms with Gasteiger partial charge in [-0.3, -0.25) is 4.98 Å². The van der Waals surface area contributed by atoms with Crippen molar-refractivity contribution < 1.29 is 13.2 Å². The number of alkyl halides is 3. The molecule has 0 aliphatic carbocycles. The van der Waals surface area contributed by atoms with E-state index in [0.717, 1.165) is 16.5 Å². The number of nitrogens with two attached hydrogens (primary N) is 1. The van der Waals surface area contributed by atoms with Crippen LogP contribution < -0.4 is 10.6 Å². The lowest BCUT2D eigenvalue weighted by Crippen LogP contribution is -2.34. The van der Waals surface area contributed by atoms with Gasteiger partial charge in [-0.15, -0.1) is 5.10 Å². The molecule has 1 aromatic carbocycles. The van der Waals surface area contributed by atoms with Crippen LogP contribution in [-0.2, 0) is 19.3 Å². The fourth-order valence-corrected chi connectivity index (χ4v) is 2.85. The predicted octanol–water partition coefficient (Wildman–Crippen LogP) is 2.45. The lowest BCUT2D eigenvalue weighted by Gasteiger charge is -2.28. The molecule has 24 heavy (non-hydrogen) atoms. The van der Waals surface area contributed by atoms with Crippen molar-refractivity contribution in [2.75, 3.05) is 17.2 Å². The van der Waals surface area contributed by atoms with Crippen LogP contribution in [0.4, 0.5) is 24.5 Å². The number of halogens is 3. The predicted molar refractivity (Wildman–Crippen MR) is 82.2 cm³/mol. The zero-order valence-electron chi connectivity index (χ0n) is 12.5. The molecule has 4 rings (SSSR count). The summed E-state index contributed by atoms with van der Waals surface area (Å²) in [6.07, 6.45) is -1.23. The van der Waals surface area contributed by atoms with Crippen molar-refractivity contribution >= 4 is 22.1 Å². The summed E-state index contributed by atoms with van der Waals surface area (Å²) in [5, 5.41) is 5.32. The van der Waals surface area contributed by atoms with Gasteiger partial charge in [-0.1, -0.05) is 6.07 Å². The molecular formula is C15H13F3N6. The number of fused-ring (bicyclic) bond motifs is 2. The maximum Gasteiger partial charge on any atom is 0.453 e. The Labute approximate surface area is 134 Å². The third-order valence-corrected chi connectivity index (χ3v) is 4.06. The third-order valence-electron chi connectivity index (χ3n) is 4.06. The second kappa shape index (κ2) is 5.08. The minimum Gasteiger partial charge on any atom is -0.397 e. The molecule has 2 aromatic heterocycles. The number of aromatic nitrogens is 4. The van der Waals surface area contributed by atoms with Gasteiger partial charge in [0.25, 0.3) is 5.82 Å². The molecule has 6 nitrogen and oxygen atoms in total. The van der Waals surface area contributed by atoms with Gasteiger partial charge in [0.2, 0.25) is 0 Å². The number of benzene rings is 1. The molecule has 124 valence electrons. The minimum absolute atomic E-state index is 0.263. The Balaban J connectivity index is 1.67. The zero-order chi connectivity index (χ0) is 16.9. The fraction of sp³-hybridized carbons (Fsp3) is 0.267. The van der Waals surface area contributed by atoms with E-state index in [1.165, 1.54) is 4.68 Å². The van der Waals surface area contributed by atoms with E-state index in [0.29, 0.717) is 24.6 Å². The molecule has 0 spiro atoms. The van der Waals surface area contributed by atoms with Crippen molar-refractivity contribution in [2.24, 2.45) is 0 Å². The van der Waals surface area contributed by atoms with Crippen molar-refractivity contribution in [3.63, 3.8) is 0 Å². The summed E-state index contributed by atoms with van der Waals surface area (Å²) >= 11 is 0. The molecule has 0 fully saturated rings. The molecule has 1 aliphatic rings. The van der Waals surface area contributed by atoms with Crippen molar-refractivity contribution in [2.45, 2.75) is 19.3 Å². The fourth-order valence-electron chi connectivity index (χ4n) is 2.85. The highest BCUT2D eigenvalue weighted by molar-refractivity contribution is 5.94. The van der Waals surface area contributed by atoms with Crippen molar-refractivity contribution in [3.8, 4) is 0 Å². The first-order valence-corrected chi connectivity index (χ1v) is 7.31. The quantitative estimate of drug-likeness (QED) is 0.740. The molecule has 3 aromatic rings. The molecule has 2 N–H and O–H groups in total. The Kier molecular flexibility index (Phi) is 3.12. The van der Waals surface area contributed by atoms with E-state index in [2.05, 4.69) is 15.1 Å². The number of rotatable bonds is 1. The summed E-state index contributed by atoms with van der Waals surface area (Å²) in [5.41, 5.74) is 7.39. The van der Waals surface area contributed by atoms with Gasteiger partial charge in [0.1, 0.15) is 5.82 Å². The Morgan fingerprint density at radius 1 is 1.12 bits per heavy atom. The Morgan fingerprint density at radius 2 is 1.96 bits per heavy atom. The van der Waals surface area contributed by atoms with Gasteiger partial charge in [-0.2, -0.15) is 13.2 Å². The average Bonchev–Trinajstić information content (AvgIpc) is 2.98. The number of pyridine rings is 1. The van der Waals surface area contributed by atoms with Crippen LogP contribution in [-0.4, -0.2) is 26.3 Å². The van der Waals surface area contributed by atoms with E-state index in [1.54, 1.807) is 12.4 Å². The summed E-state index contributed by atoms with van der Waals surface area (Å²) in [5.74, 6) is -0.787. The first-order chi connectivity index (χ1) is 11.4. The Hall–Kier alpha value is -2.84. The van der Waals surface area contributed by atoms with Crippen LogP contribution in [0.3, 0.4) is 0 Å². The Morgan fingerprint density at radius 3 is 2.75 bits per heavy atom. The van der Waals surface area contributed by atoms with Gasteiger partial charge < -0.3 is 10.6 Å². The van der Waals surface area contributed by atoms with E-state index < -0.39 is 12.0 Å². The number of anilines is 2. The zero-order valence-corrected chi connectivity index (χ0v) is 12.5. The molecule has 0 radical (unpaired) electrons. The van der Waals surface area contributed by atoms with Crippen LogP contribution in [0, 0.1) is 0 Å².